The number of rotatable bonds is 9. The number of nitrogens with zero attached hydrogens (tertiary/aromatic N) is 2. The van der Waals surface area contributed by atoms with E-state index in [1.807, 2.05) is 0 Å². The SMILES string of the molecule is CCCOCCc1nnc(CCCNC(C)(C)C)o1. The summed E-state index contributed by atoms with van der Waals surface area (Å²) >= 11 is 0. The van der Waals surface area contributed by atoms with Crippen LogP contribution in [0.5, 0.6) is 0 Å². The lowest BCUT2D eigenvalue weighted by Crippen LogP contribution is -2.36. The molecule has 0 saturated heterocycles. The van der Waals surface area contributed by atoms with Gasteiger partial charge in [-0.15, -0.1) is 10.2 Å². The number of aromatic nitrogens is 2. The topological polar surface area (TPSA) is 60.2 Å². The number of hydrogen-bond acceptors (Lipinski definition) is 5. The second-order valence-electron chi connectivity index (χ2n) is 5.73. The largest absolute Gasteiger partial charge is 0.425 e. The van der Waals surface area contributed by atoms with Crippen LogP contribution in [0.15, 0.2) is 4.42 Å². The second kappa shape index (κ2) is 8.27. The molecule has 0 unspecified atom stereocenters. The van der Waals surface area contributed by atoms with Gasteiger partial charge in [-0.1, -0.05) is 6.92 Å². The summed E-state index contributed by atoms with van der Waals surface area (Å²) in [6, 6.07) is 0. The lowest BCUT2D eigenvalue weighted by Gasteiger charge is -2.19. The van der Waals surface area contributed by atoms with E-state index in [0.29, 0.717) is 18.9 Å². The van der Waals surface area contributed by atoms with Crippen LogP contribution in [0.2, 0.25) is 0 Å². The predicted octanol–water partition coefficient (Wildman–Crippen LogP) is 2.36. The molecule has 19 heavy (non-hydrogen) atoms. The van der Waals surface area contributed by atoms with Crippen molar-refractivity contribution in [2.75, 3.05) is 19.8 Å². The Morgan fingerprint density at radius 1 is 1.11 bits per heavy atom. The Morgan fingerprint density at radius 3 is 2.42 bits per heavy atom. The molecule has 0 bridgehead atoms. The zero-order chi connectivity index (χ0) is 14.1. The van der Waals surface area contributed by atoms with Gasteiger partial charge in [-0.3, -0.25) is 0 Å². The van der Waals surface area contributed by atoms with Gasteiger partial charge in [0.05, 0.1) is 6.61 Å². The molecule has 1 N–H and O–H groups in total. The third-order valence-electron chi connectivity index (χ3n) is 2.54. The maximum atomic E-state index is 5.57. The Hall–Kier alpha value is -0.940. The highest BCUT2D eigenvalue weighted by molar-refractivity contribution is 4.83. The molecule has 1 rings (SSSR count). The van der Waals surface area contributed by atoms with E-state index in [4.69, 9.17) is 9.15 Å². The van der Waals surface area contributed by atoms with Crippen molar-refractivity contribution < 1.29 is 9.15 Å². The molecule has 5 heteroatoms. The number of hydrogen-bond donors (Lipinski definition) is 1. The highest BCUT2D eigenvalue weighted by Crippen LogP contribution is 2.05. The molecule has 0 spiro atoms. The molecule has 1 heterocycles. The fraction of sp³-hybridized carbons (Fsp3) is 0.857. The quantitative estimate of drug-likeness (QED) is 0.697. The van der Waals surface area contributed by atoms with Gasteiger partial charge >= 0.3 is 0 Å². The summed E-state index contributed by atoms with van der Waals surface area (Å²) in [4.78, 5) is 0. The van der Waals surface area contributed by atoms with Gasteiger partial charge in [-0.25, -0.2) is 0 Å². The number of nitrogens with one attached hydrogen (secondary N) is 1. The monoisotopic (exact) mass is 269 g/mol. The molecule has 110 valence electrons. The van der Waals surface area contributed by atoms with Crippen molar-refractivity contribution in [3.63, 3.8) is 0 Å². The van der Waals surface area contributed by atoms with E-state index in [1.54, 1.807) is 0 Å². The summed E-state index contributed by atoms with van der Waals surface area (Å²) in [5.74, 6) is 1.40. The Kier molecular flexibility index (Phi) is 7.02. The first kappa shape index (κ1) is 16.1. The van der Waals surface area contributed by atoms with Crippen LogP contribution in [-0.4, -0.2) is 35.5 Å². The van der Waals surface area contributed by atoms with Gasteiger partial charge in [0, 0.05) is 25.0 Å². The zero-order valence-electron chi connectivity index (χ0n) is 12.7. The van der Waals surface area contributed by atoms with Crippen LogP contribution in [0, 0.1) is 0 Å². The van der Waals surface area contributed by atoms with E-state index in [1.165, 1.54) is 0 Å². The van der Waals surface area contributed by atoms with Gasteiger partial charge in [0.15, 0.2) is 0 Å². The third kappa shape index (κ3) is 7.95. The van der Waals surface area contributed by atoms with Crippen LogP contribution in [0.25, 0.3) is 0 Å². The third-order valence-corrected chi connectivity index (χ3v) is 2.54. The smallest absolute Gasteiger partial charge is 0.218 e. The summed E-state index contributed by atoms with van der Waals surface area (Å²) < 4.78 is 11.0. The van der Waals surface area contributed by atoms with Crippen molar-refractivity contribution >= 4 is 0 Å². The maximum absolute atomic E-state index is 5.57. The molecule has 5 nitrogen and oxygen atoms in total. The van der Waals surface area contributed by atoms with Gasteiger partial charge in [-0.2, -0.15) is 0 Å². The lowest BCUT2D eigenvalue weighted by atomic mass is 10.1. The molecule has 1 aromatic heterocycles. The van der Waals surface area contributed by atoms with Gasteiger partial charge in [0.1, 0.15) is 0 Å². The zero-order valence-corrected chi connectivity index (χ0v) is 12.7. The minimum atomic E-state index is 0.163. The molecule has 0 amide bonds. The van der Waals surface area contributed by atoms with Crippen molar-refractivity contribution in [2.45, 2.75) is 58.9 Å². The summed E-state index contributed by atoms with van der Waals surface area (Å²) in [5.41, 5.74) is 0.163. The van der Waals surface area contributed by atoms with Crippen molar-refractivity contribution in [1.82, 2.24) is 15.5 Å². The van der Waals surface area contributed by atoms with Crippen LogP contribution in [0.4, 0.5) is 0 Å². The van der Waals surface area contributed by atoms with Gasteiger partial charge in [0.2, 0.25) is 11.8 Å². The van der Waals surface area contributed by atoms with Crippen LogP contribution >= 0.6 is 0 Å². The first-order valence-electron chi connectivity index (χ1n) is 7.15. The minimum absolute atomic E-state index is 0.163. The standard InChI is InChI=1S/C14H27N3O2/c1-5-10-18-11-8-13-17-16-12(19-13)7-6-9-15-14(2,3)4/h15H,5-11H2,1-4H3. The Bertz CT molecular complexity index is 345. The fourth-order valence-corrected chi connectivity index (χ4v) is 1.60. The average molecular weight is 269 g/mol. The van der Waals surface area contributed by atoms with Gasteiger partial charge < -0.3 is 14.5 Å². The first-order valence-corrected chi connectivity index (χ1v) is 7.15. The van der Waals surface area contributed by atoms with E-state index in [0.717, 1.165) is 38.3 Å². The molecule has 0 aliphatic rings. The first-order chi connectivity index (χ1) is 9.01. The van der Waals surface area contributed by atoms with Crippen LogP contribution in [0.3, 0.4) is 0 Å². The fourth-order valence-electron chi connectivity index (χ4n) is 1.60. The van der Waals surface area contributed by atoms with E-state index >= 15 is 0 Å². The van der Waals surface area contributed by atoms with Gasteiger partial charge in [0.25, 0.3) is 0 Å². The Labute approximate surface area is 116 Å². The number of ether oxygens (including phenoxy) is 1. The minimum Gasteiger partial charge on any atom is -0.425 e. The molecule has 1 aromatic rings. The van der Waals surface area contributed by atoms with Gasteiger partial charge in [-0.05, 0) is 40.2 Å². The van der Waals surface area contributed by atoms with E-state index < -0.39 is 0 Å². The highest BCUT2D eigenvalue weighted by atomic mass is 16.5. The predicted molar refractivity (Wildman–Crippen MR) is 75.2 cm³/mol. The lowest BCUT2D eigenvalue weighted by molar-refractivity contribution is 0.133. The second-order valence-corrected chi connectivity index (χ2v) is 5.73. The highest BCUT2D eigenvalue weighted by Gasteiger charge is 2.09. The Morgan fingerprint density at radius 2 is 1.79 bits per heavy atom. The normalized spacial score (nSPS) is 12.0. The van der Waals surface area contributed by atoms with Crippen molar-refractivity contribution in [3.8, 4) is 0 Å². The summed E-state index contributed by atoms with van der Waals surface area (Å²) in [6.07, 6.45) is 3.57. The molecular weight excluding hydrogens is 242 g/mol. The van der Waals surface area contributed by atoms with E-state index in [2.05, 4.69) is 43.2 Å². The molecule has 0 radical (unpaired) electrons. The number of aryl methyl sites for hydroxylation is 1. The summed E-state index contributed by atoms with van der Waals surface area (Å²) in [7, 11) is 0. The van der Waals surface area contributed by atoms with Crippen molar-refractivity contribution in [2.24, 2.45) is 0 Å². The average Bonchev–Trinajstić information content (AvgIpc) is 2.77. The molecule has 0 fully saturated rings. The molecular formula is C14H27N3O2. The summed E-state index contributed by atoms with van der Waals surface area (Å²) in [5, 5.41) is 11.5. The van der Waals surface area contributed by atoms with E-state index in [9.17, 15) is 0 Å². The van der Waals surface area contributed by atoms with Crippen LogP contribution in [0.1, 0.15) is 52.3 Å². The maximum Gasteiger partial charge on any atom is 0.218 e. The molecule has 0 atom stereocenters. The molecule has 0 aliphatic heterocycles. The van der Waals surface area contributed by atoms with Crippen molar-refractivity contribution in [1.29, 1.82) is 0 Å². The van der Waals surface area contributed by atoms with Crippen LogP contribution < -0.4 is 5.32 Å². The molecule has 0 aromatic carbocycles. The van der Waals surface area contributed by atoms with Crippen LogP contribution in [-0.2, 0) is 17.6 Å². The Balaban J connectivity index is 2.16. The van der Waals surface area contributed by atoms with E-state index in [-0.39, 0.29) is 5.54 Å². The summed E-state index contributed by atoms with van der Waals surface area (Å²) in [6.45, 7) is 11.0. The van der Waals surface area contributed by atoms with Crippen molar-refractivity contribution in [3.05, 3.63) is 11.8 Å². The molecule has 0 aliphatic carbocycles. The molecule has 0 saturated carbocycles.